The SMILES string of the molecule is CC(C)(C)OC(=O)N[C@H](CCC(=O)OCc1ccccc1)C(=O)[O-]. The van der Waals surface area contributed by atoms with Crippen molar-refractivity contribution in [2.24, 2.45) is 0 Å². The van der Waals surface area contributed by atoms with E-state index in [9.17, 15) is 19.5 Å². The predicted molar refractivity (Wildman–Crippen MR) is 83.6 cm³/mol. The Hall–Kier alpha value is -2.57. The molecule has 1 aromatic carbocycles. The number of aliphatic carboxylic acids is 1. The van der Waals surface area contributed by atoms with Gasteiger partial charge in [-0.05, 0) is 32.8 Å². The van der Waals surface area contributed by atoms with E-state index in [-0.39, 0.29) is 19.4 Å². The third kappa shape index (κ3) is 8.17. The number of hydrogen-bond acceptors (Lipinski definition) is 6. The van der Waals surface area contributed by atoms with Crippen LogP contribution in [0, 0.1) is 0 Å². The molecule has 7 heteroatoms. The van der Waals surface area contributed by atoms with E-state index in [1.54, 1.807) is 32.9 Å². The Kier molecular flexibility index (Phi) is 7.23. The molecule has 0 aliphatic heterocycles. The van der Waals surface area contributed by atoms with Gasteiger partial charge in [0.05, 0.1) is 12.0 Å². The van der Waals surface area contributed by atoms with E-state index in [4.69, 9.17) is 9.47 Å². The molecule has 0 radical (unpaired) electrons. The number of carboxylic acid groups (broad SMARTS) is 1. The summed E-state index contributed by atoms with van der Waals surface area (Å²) in [5.41, 5.74) is 0.0732. The van der Waals surface area contributed by atoms with Crippen molar-refractivity contribution in [2.45, 2.75) is 51.9 Å². The van der Waals surface area contributed by atoms with E-state index in [0.717, 1.165) is 5.56 Å². The van der Waals surface area contributed by atoms with Crippen molar-refractivity contribution in [2.75, 3.05) is 0 Å². The molecule has 7 nitrogen and oxygen atoms in total. The minimum atomic E-state index is -1.49. The van der Waals surface area contributed by atoms with Gasteiger partial charge >= 0.3 is 12.1 Å². The zero-order valence-corrected chi connectivity index (χ0v) is 14.0. The molecule has 1 amide bonds. The highest BCUT2D eigenvalue weighted by Crippen LogP contribution is 2.08. The Morgan fingerprint density at radius 3 is 2.33 bits per heavy atom. The van der Waals surface area contributed by atoms with Crippen LogP contribution in [0.1, 0.15) is 39.2 Å². The van der Waals surface area contributed by atoms with Gasteiger partial charge in [0.1, 0.15) is 12.2 Å². The summed E-state index contributed by atoms with van der Waals surface area (Å²) in [6, 6.07) is 7.77. The maximum atomic E-state index is 11.7. The first-order valence-electron chi connectivity index (χ1n) is 7.57. The molecule has 0 fully saturated rings. The first-order valence-corrected chi connectivity index (χ1v) is 7.57. The van der Waals surface area contributed by atoms with Gasteiger partial charge in [0, 0.05) is 6.42 Å². The lowest BCUT2D eigenvalue weighted by Gasteiger charge is -2.24. The van der Waals surface area contributed by atoms with E-state index < -0.39 is 29.7 Å². The summed E-state index contributed by atoms with van der Waals surface area (Å²) in [6.07, 6.45) is -1.19. The van der Waals surface area contributed by atoms with Crippen molar-refractivity contribution in [1.82, 2.24) is 5.32 Å². The van der Waals surface area contributed by atoms with Gasteiger partial charge in [-0.3, -0.25) is 4.79 Å². The van der Waals surface area contributed by atoms with Gasteiger partial charge in [-0.15, -0.1) is 0 Å². The number of benzene rings is 1. The van der Waals surface area contributed by atoms with Gasteiger partial charge in [0.15, 0.2) is 0 Å². The number of carboxylic acids is 1. The largest absolute Gasteiger partial charge is 0.548 e. The van der Waals surface area contributed by atoms with Crippen molar-refractivity contribution in [1.29, 1.82) is 0 Å². The van der Waals surface area contributed by atoms with E-state index in [2.05, 4.69) is 5.32 Å². The Morgan fingerprint density at radius 2 is 1.79 bits per heavy atom. The molecule has 0 bridgehead atoms. The number of alkyl carbamates (subject to hydrolysis) is 1. The van der Waals surface area contributed by atoms with Crippen LogP contribution < -0.4 is 10.4 Å². The minimum absolute atomic E-state index is 0.106. The Labute approximate surface area is 141 Å². The highest BCUT2D eigenvalue weighted by Gasteiger charge is 2.21. The number of carbonyl (C=O) groups excluding carboxylic acids is 3. The van der Waals surface area contributed by atoms with Gasteiger partial charge in [0.25, 0.3) is 0 Å². The quantitative estimate of drug-likeness (QED) is 0.749. The number of carbonyl (C=O) groups is 3. The summed E-state index contributed by atoms with van der Waals surface area (Å²) in [5, 5.41) is 13.2. The van der Waals surface area contributed by atoms with E-state index in [0.29, 0.717) is 0 Å². The molecule has 0 unspecified atom stereocenters. The van der Waals surface area contributed by atoms with Gasteiger partial charge in [0.2, 0.25) is 0 Å². The molecular formula is C17H22NO6-. The van der Waals surface area contributed by atoms with Gasteiger partial charge in [-0.2, -0.15) is 0 Å². The fourth-order valence-corrected chi connectivity index (χ4v) is 1.77. The third-order valence-electron chi connectivity index (χ3n) is 2.86. The van der Waals surface area contributed by atoms with Crippen LogP contribution in [0.3, 0.4) is 0 Å². The van der Waals surface area contributed by atoms with Crippen molar-refractivity contribution in [3.8, 4) is 0 Å². The molecule has 1 aromatic rings. The molecule has 24 heavy (non-hydrogen) atoms. The molecule has 0 aliphatic carbocycles. The van der Waals surface area contributed by atoms with Crippen LogP contribution in [0.5, 0.6) is 0 Å². The van der Waals surface area contributed by atoms with Crippen molar-refractivity contribution in [3.63, 3.8) is 0 Å². The van der Waals surface area contributed by atoms with E-state index >= 15 is 0 Å². The Bertz CT molecular complexity index is 564. The molecule has 1 rings (SSSR count). The van der Waals surface area contributed by atoms with Crippen LogP contribution in [0.15, 0.2) is 30.3 Å². The summed E-state index contributed by atoms with van der Waals surface area (Å²) in [5.74, 6) is -2.05. The first-order chi connectivity index (χ1) is 11.2. The maximum absolute atomic E-state index is 11.7. The third-order valence-corrected chi connectivity index (χ3v) is 2.86. The summed E-state index contributed by atoms with van der Waals surface area (Å²) in [4.78, 5) is 34.3. The summed E-state index contributed by atoms with van der Waals surface area (Å²) >= 11 is 0. The average molecular weight is 336 g/mol. The van der Waals surface area contributed by atoms with Crippen LogP contribution >= 0.6 is 0 Å². The molecule has 1 atom stereocenters. The lowest BCUT2D eigenvalue weighted by Crippen LogP contribution is -2.49. The maximum Gasteiger partial charge on any atom is 0.408 e. The first kappa shape index (κ1) is 19.5. The normalized spacial score (nSPS) is 12.1. The van der Waals surface area contributed by atoms with Crippen molar-refractivity contribution in [3.05, 3.63) is 35.9 Å². The molecule has 0 saturated heterocycles. The highest BCUT2D eigenvalue weighted by atomic mass is 16.6. The molecule has 0 saturated carbocycles. The lowest BCUT2D eigenvalue weighted by atomic mass is 10.1. The molecule has 1 N–H and O–H groups in total. The molecule has 132 valence electrons. The van der Waals surface area contributed by atoms with Crippen LogP contribution in [0.25, 0.3) is 0 Å². The highest BCUT2D eigenvalue weighted by molar-refractivity contribution is 5.79. The monoisotopic (exact) mass is 336 g/mol. The zero-order valence-electron chi connectivity index (χ0n) is 14.0. The molecule has 0 aliphatic rings. The van der Waals surface area contributed by atoms with Crippen LogP contribution in [0.4, 0.5) is 4.79 Å². The van der Waals surface area contributed by atoms with Gasteiger partial charge in [-0.25, -0.2) is 4.79 Å². The van der Waals surface area contributed by atoms with Crippen molar-refractivity contribution >= 4 is 18.0 Å². The number of amides is 1. The zero-order chi connectivity index (χ0) is 18.2. The molecule has 0 aromatic heterocycles. The smallest absolute Gasteiger partial charge is 0.408 e. The molecular weight excluding hydrogens is 314 g/mol. The van der Waals surface area contributed by atoms with Gasteiger partial charge < -0.3 is 24.7 Å². The lowest BCUT2D eigenvalue weighted by molar-refractivity contribution is -0.308. The van der Waals surface area contributed by atoms with Gasteiger partial charge in [-0.1, -0.05) is 30.3 Å². The van der Waals surface area contributed by atoms with Crippen molar-refractivity contribution < 1.29 is 29.0 Å². The summed E-state index contributed by atoms with van der Waals surface area (Å²) in [6.45, 7) is 5.07. The topological polar surface area (TPSA) is 105 Å². The summed E-state index contributed by atoms with van der Waals surface area (Å²) in [7, 11) is 0. The number of hydrogen-bond donors (Lipinski definition) is 1. The second-order valence-electron chi connectivity index (χ2n) is 6.20. The number of nitrogens with one attached hydrogen (secondary N) is 1. The van der Waals surface area contributed by atoms with Crippen LogP contribution in [0.2, 0.25) is 0 Å². The Morgan fingerprint density at radius 1 is 1.17 bits per heavy atom. The fourth-order valence-electron chi connectivity index (χ4n) is 1.77. The molecule has 0 spiro atoms. The summed E-state index contributed by atoms with van der Waals surface area (Å²) < 4.78 is 10.0. The average Bonchev–Trinajstić information content (AvgIpc) is 2.48. The van der Waals surface area contributed by atoms with E-state index in [1.165, 1.54) is 0 Å². The number of esters is 1. The van der Waals surface area contributed by atoms with Crippen LogP contribution in [-0.2, 0) is 25.7 Å². The fraction of sp³-hybridized carbons (Fsp3) is 0.471. The number of rotatable bonds is 7. The second-order valence-corrected chi connectivity index (χ2v) is 6.20. The molecule has 0 heterocycles. The number of ether oxygens (including phenoxy) is 2. The second kappa shape index (κ2) is 8.90. The Balaban J connectivity index is 2.41. The standard InChI is InChI=1S/C17H23NO6/c1-17(2,3)24-16(22)18-13(15(20)21)9-10-14(19)23-11-12-7-5-4-6-8-12/h4-8,13H,9-11H2,1-3H3,(H,18,22)(H,20,21)/p-1/t13-/m1/s1. The van der Waals surface area contributed by atoms with E-state index in [1.807, 2.05) is 18.2 Å². The minimum Gasteiger partial charge on any atom is -0.548 e. The van der Waals surface area contributed by atoms with Crippen LogP contribution in [-0.4, -0.2) is 29.7 Å². The predicted octanol–water partition coefficient (Wildman–Crippen LogP) is 1.15.